The Morgan fingerprint density at radius 3 is 2.16 bits per heavy atom. The number of hydrogen-bond donors (Lipinski definition) is 1. The summed E-state index contributed by atoms with van der Waals surface area (Å²) in [5.74, 6) is 0. The van der Waals surface area contributed by atoms with Gasteiger partial charge in [0.1, 0.15) is 0 Å². The number of aliphatic hydroxyl groups excluding tert-OH is 1. The number of aryl methyl sites for hydroxylation is 1. The van der Waals surface area contributed by atoms with Crippen molar-refractivity contribution in [1.82, 2.24) is 8.87 Å². The summed E-state index contributed by atoms with van der Waals surface area (Å²) in [5.41, 5.74) is 5.62. The minimum Gasteiger partial charge on any atom is -0.390 e. The summed E-state index contributed by atoms with van der Waals surface area (Å²) in [6, 6.07) is 26.9. The fourth-order valence-corrected chi connectivity index (χ4v) is 6.86. The van der Waals surface area contributed by atoms with Crippen LogP contribution in [0.5, 0.6) is 0 Å². The number of unbranched alkanes of at least 4 members (excludes halogenated alkanes) is 1. The van der Waals surface area contributed by atoms with Crippen LogP contribution >= 0.6 is 11.3 Å². The third-order valence-electron chi connectivity index (χ3n) is 7.05. The SMILES string of the molecule is CCCCc1ccc(-c2csc(CN(CC(O)Cn3c4ccccc4c4ccccc43)S(C)(=O)=O)c2)cc1. The average molecular weight is 547 g/mol. The molecule has 198 valence electrons. The fraction of sp³-hybridized carbons (Fsp3) is 0.290. The Balaban J connectivity index is 1.32. The monoisotopic (exact) mass is 546 g/mol. The molecule has 0 fully saturated rings. The van der Waals surface area contributed by atoms with Crippen molar-refractivity contribution in [3.8, 4) is 11.1 Å². The Morgan fingerprint density at radius 1 is 0.921 bits per heavy atom. The van der Waals surface area contributed by atoms with E-state index in [1.165, 1.54) is 29.0 Å². The zero-order valence-corrected chi connectivity index (χ0v) is 23.5. The molecule has 0 aliphatic carbocycles. The van der Waals surface area contributed by atoms with E-state index in [0.717, 1.165) is 44.2 Å². The van der Waals surface area contributed by atoms with Gasteiger partial charge in [0.25, 0.3) is 0 Å². The lowest BCUT2D eigenvalue weighted by Crippen LogP contribution is -2.37. The van der Waals surface area contributed by atoms with Gasteiger partial charge in [-0.2, -0.15) is 4.31 Å². The number of sulfonamides is 1. The standard InChI is InChI=1S/C31H34N2O3S2/c1-3-4-9-23-14-16-24(17-15-23)25-18-27(37-22-25)21-32(38(2,35)36)19-26(34)20-33-30-12-7-5-10-28(30)29-11-6-8-13-31(29)33/h5-8,10-18,22,26,34H,3-4,9,19-21H2,1-2H3. The Bertz CT molecular complexity index is 1580. The van der Waals surface area contributed by atoms with Gasteiger partial charge in [0.05, 0.1) is 18.9 Å². The van der Waals surface area contributed by atoms with E-state index in [1.54, 1.807) is 11.3 Å². The highest BCUT2D eigenvalue weighted by Gasteiger charge is 2.23. The van der Waals surface area contributed by atoms with E-state index in [0.29, 0.717) is 6.54 Å². The molecule has 5 nitrogen and oxygen atoms in total. The van der Waals surface area contributed by atoms with E-state index in [2.05, 4.69) is 59.3 Å². The molecule has 5 rings (SSSR count). The fourth-order valence-electron chi connectivity index (χ4n) is 5.05. The number of aliphatic hydroxyl groups is 1. The van der Waals surface area contributed by atoms with Crippen LogP contribution in [0.2, 0.25) is 0 Å². The molecule has 0 saturated heterocycles. The van der Waals surface area contributed by atoms with E-state index in [-0.39, 0.29) is 13.1 Å². The molecule has 0 radical (unpaired) electrons. The summed E-state index contributed by atoms with van der Waals surface area (Å²) < 4.78 is 28.9. The molecular formula is C31H34N2O3S2. The molecule has 0 spiro atoms. The minimum atomic E-state index is -3.52. The van der Waals surface area contributed by atoms with Crippen LogP contribution in [0.15, 0.2) is 84.2 Å². The van der Waals surface area contributed by atoms with Gasteiger partial charge >= 0.3 is 0 Å². The van der Waals surface area contributed by atoms with Gasteiger partial charge in [-0.15, -0.1) is 11.3 Å². The van der Waals surface area contributed by atoms with Gasteiger partial charge in [-0.25, -0.2) is 8.42 Å². The van der Waals surface area contributed by atoms with Crippen LogP contribution in [0.1, 0.15) is 30.2 Å². The second-order valence-electron chi connectivity index (χ2n) is 9.96. The molecule has 2 aromatic heterocycles. The zero-order chi connectivity index (χ0) is 26.7. The van der Waals surface area contributed by atoms with Gasteiger partial charge in [0.15, 0.2) is 0 Å². The molecule has 38 heavy (non-hydrogen) atoms. The van der Waals surface area contributed by atoms with Gasteiger partial charge in [0, 0.05) is 39.8 Å². The summed E-state index contributed by atoms with van der Waals surface area (Å²) in [6.07, 6.45) is 3.81. The number of benzene rings is 3. The molecule has 0 aliphatic heterocycles. The number of fused-ring (bicyclic) bond motifs is 3. The molecule has 1 atom stereocenters. The van der Waals surface area contributed by atoms with Gasteiger partial charge in [-0.3, -0.25) is 0 Å². The number of hydrogen-bond acceptors (Lipinski definition) is 4. The molecule has 0 aliphatic rings. The van der Waals surface area contributed by atoms with Crippen LogP contribution < -0.4 is 0 Å². The molecule has 7 heteroatoms. The predicted molar refractivity (Wildman–Crippen MR) is 159 cm³/mol. The van der Waals surface area contributed by atoms with Gasteiger partial charge in [-0.1, -0.05) is 74.0 Å². The van der Waals surface area contributed by atoms with Crippen LogP contribution in [0.25, 0.3) is 32.9 Å². The lowest BCUT2D eigenvalue weighted by molar-refractivity contribution is 0.129. The second kappa shape index (κ2) is 11.4. The highest BCUT2D eigenvalue weighted by atomic mass is 32.2. The first-order valence-corrected chi connectivity index (χ1v) is 15.8. The maximum atomic E-state index is 12.7. The van der Waals surface area contributed by atoms with Crippen molar-refractivity contribution in [3.63, 3.8) is 0 Å². The Morgan fingerprint density at radius 2 is 1.55 bits per heavy atom. The van der Waals surface area contributed by atoms with E-state index in [1.807, 2.05) is 36.4 Å². The summed E-state index contributed by atoms with van der Waals surface area (Å²) in [4.78, 5) is 0.949. The largest absolute Gasteiger partial charge is 0.390 e. The molecule has 2 heterocycles. The first kappa shape index (κ1) is 26.6. The van der Waals surface area contributed by atoms with Crippen molar-refractivity contribution in [2.45, 2.75) is 45.4 Å². The van der Waals surface area contributed by atoms with Crippen LogP contribution in [0.3, 0.4) is 0 Å². The number of para-hydroxylation sites is 2. The Kier molecular flexibility index (Phi) is 8.00. The first-order chi connectivity index (χ1) is 18.3. The van der Waals surface area contributed by atoms with Crippen LogP contribution in [-0.4, -0.2) is 41.3 Å². The molecule has 1 N–H and O–H groups in total. The van der Waals surface area contributed by atoms with Crippen molar-refractivity contribution in [2.24, 2.45) is 0 Å². The van der Waals surface area contributed by atoms with Crippen LogP contribution in [0.4, 0.5) is 0 Å². The third-order valence-corrected chi connectivity index (χ3v) is 9.19. The smallest absolute Gasteiger partial charge is 0.211 e. The lowest BCUT2D eigenvalue weighted by Gasteiger charge is -2.23. The number of aromatic nitrogens is 1. The summed E-state index contributed by atoms with van der Waals surface area (Å²) in [5, 5.41) is 15.4. The second-order valence-corrected chi connectivity index (χ2v) is 12.9. The number of rotatable bonds is 11. The van der Waals surface area contributed by atoms with E-state index in [9.17, 15) is 13.5 Å². The quantitative estimate of drug-likeness (QED) is 0.201. The third kappa shape index (κ3) is 5.86. The van der Waals surface area contributed by atoms with Gasteiger partial charge in [-0.05, 0) is 53.1 Å². The Hall–Kier alpha value is -2.97. The zero-order valence-electron chi connectivity index (χ0n) is 21.9. The van der Waals surface area contributed by atoms with Crippen LogP contribution in [-0.2, 0) is 29.5 Å². The molecule has 1 unspecified atom stereocenters. The van der Waals surface area contributed by atoms with Crippen molar-refractivity contribution < 1.29 is 13.5 Å². The van der Waals surface area contributed by atoms with Crippen LogP contribution in [0, 0.1) is 0 Å². The van der Waals surface area contributed by atoms with Crippen molar-refractivity contribution >= 4 is 43.2 Å². The predicted octanol–water partition coefficient (Wildman–Crippen LogP) is 6.69. The summed E-state index contributed by atoms with van der Waals surface area (Å²) >= 11 is 1.55. The maximum absolute atomic E-state index is 12.7. The van der Waals surface area contributed by atoms with E-state index >= 15 is 0 Å². The molecule has 0 saturated carbocycles. The Labute approximate surface area is 229 Å². The van der Waals surface area contributed by atoms with Crippen molar-refractivity contribution in [3.05, 3.63) is 94.7 Å². The molecule has 0 bridgehead atoms. The van der Waals surface area contributed by atoms with Crippen molar-refractivity contribution in [2.75, 3.05) is 12.8 Å². The van der Waals surface area contributed by atoms with E-state index in [4.69, 9.17) is 0 Å². The normalized spacial score (nSPS) is 13.1. The minimum absolute atomic E-state index is 0.0268. The average Bonchev–Trinajstić information content (AvgIpc) is 3.50. The lowest BCUT2D eigenvalue weighted by atomic mass is 10.0. The van der Waals surface area contributed by atoms with Gasteiger partial charge in [0.2, 0.25) is 10.0 Å². The van der Waals surface area contributed by atoms with Crippen molar-refractivity contribution in [1.29, 1.82) is 0 Å². The number of nitrogens with zero attached hydrogens (tertiary/aromatic N) is 2. The molecule has 3 aromatic carbocycles. The maximum Gasteiger partial charge on any atom is 0.211 e. The topological polar surface area (TPSA) is 62.5 Å². The highest BCUT2D eigenvalue weighted by molar-refractivity contribution is 7.88. The summed E-state index contributed by atoms with van der Waals surface area (Å²) in [7, 11) is -3.52. The first-order valence-electron chi connectivity index (χ1n) is 13.1. The molecule has 0 amide bonds. The molecule has 5 aromatic rings. The van der Waals surface area contributed by atoms with E-state index < -0.39 is 16.1 Å². The summed E-state index contributed by atoms with van der Waals surface area (Å²) in [6.45, 7) is 2.77. The van der Waals surface area contributed by atoms with Gasteiger partial charge < -0.3 is 9.67 Å². The highest BCUT2D eigenvalue weighted by Crippen LogP contribution is 2.30. The number of thiophene rings is 1. The molecular weight excluding hydrogens is 512 g/mol.